The van der Waals surface area contributed by atoms with Gasteiger partial charge in [-0.1, -0.05) is 48.5 Å². The molecule has 1 heterocycles. The van der Waals surface area contributed by atoms with E-state index in [0.29, 0.717) is 28.8 Å². The third-order valence-corrected chi connectivity index (χ3v) is 10.7. The Morgan fingerprint density at radius 2 is 1.64 bits per heavy atom. The van der Waals surface area contributed by atoms with Gasteiger partial charge in [0, 0.05) is 0 Å². The summed E-state index contributed by atoms with van der Waals surface area (Å²) in [5.41, 5.74) is 4.18. The van der Waals surface area contributed by atoms with Crippen LogP contribution in [0.2, 0.25) is 16.6 Å². The maximum atomic E-state index is 9.10. The van der Waals surface area contributed by atoms with Gasteiger partial charge >= 0.3 is 0 Å². The molecular formula is C18H30N2OSi. The second-order valence-corrected chi connectivity index (χ2v) is 12.3. The Balaban J connectivity index is 3.02. The van der Waals surface area contributed by atoms with Crippen LogP contribution >= 0.6 is 0 Å². The van der Waals surface area contributed by atoms with Gasteiger partial charge in [-0.25, -0.2) is 0 Å². The van der Waals surface area contributed by atoms with Crippen LogP contribution in [0.15, 0.2) is 12.1 Å². The minimum atomic E-state index is -1.86. The topological polar surface area (TPSA) is 45.9 Å². The molecule has 122 valence electrons. The second-order valence-electron chi connectivity index (χ2n) is 6.87. The number of hydrogen-bond donors (Lipinski definition) is 0. The lowest BCUT2D eigenvalue weighted by Crippen LogP contribution is -2.47. The molecule has 4 heteroatoms. The number of rotatable bonds is 7. The largest absolute Gasteiger partial charge is 0.410 e. The van der Waals surface area contributed by atoms with E-state index >= 15 is 0 Å². The highest BCUT2D eigenvalue weighted by atomic mass is 28.4. The highest BCUT2D eigenvalue weighted by Crippen LogP contribution is 2.42. The van der Waals surface area contributed by atoms with Gasteiger partial charge < -0.3 is 4.43 Å². The minimum Gasteiger partial charge on any atom is -0.410 e. The summed E-state index contributed by atoms with van der Waals surface area (Å²) in [6.45, 7) is 16.3. The van der Waals surface area contributed by atoms with Crippen LogP contribution in [0.3, 0.4) is 0 Å². The van der Waals surface area contributed by atoms with E-state index in [9.17, 15) is 0 Å². The zero-order valence-electron chi connectivity index (χ0n) is 15.1. The molecule has 1 rings (SSSR count). The summed E-state index contributed by atoms with van der Waals surface area (Å²) in [6, 6.07) is 6.00. The van der Waals surface area contributed by atoms with Crippen LogP contribution in [0, 0.1) is 11.3 Å². The molecule has 0 radical (unpaired) electrons. The second kappa shape index (κ2) is 7.89. The summed E-state index contributed by atoms with van der Waals surface area (Å²) in [5, 5.41) is 9.10. The van der Waals surface area contributed by atoms with Gasteiger partial charge in [0.15, 0.2) is 0 Å². The van der Waals surface area contributed by atoms with E-state index in [1.54, 1.807) is 0 Å². The van der Waals surface area contributed by atoms with E-state index in [1.807, 2.05) is 19.1 Å². The molecule has 0 unspecified atom stereocenters. The molecule has 1 aromatic rings. The molecule has 22 heavy (non-hydrogen) atoms. The monoisotopic (exact) mass is 318 g/mol. The summed E-state index contributed by atoms with van der Waals surface area (Å²) in [6.07, 6.45) is 0.776. The Bertz CT molecular complexity index is 511. The molecule has 0 bridgehead atoms. The fraction of sp³-hybridized carbons (Fsp3) is 0.667. The van der Waals surface area contributed by atoms with Gasteiger partial charge in [-0.2, -0.15) is 5.26 Å². The van der Waals surface area contributed by atoms with Crippen molar-refractivity contribution in [2.45, 2.75) is 78.1 Å². The lowest BCUT2D eigenvalue weighted by Gasteiger charge is -2.42. The van der Waals surface area contributed by atoms with Crippen molar-refractivity contribution < 1.29 is 4.43 Å². The molecular weight excluding hydrogens is 288 g/mol. The van der Waals surface area contributed by atoms with E-state index in [2.05, 4.69) is 52.6 Å². The van der Waals surface area contributed by atoms with Gasteiger partial charge in [-0.05, 0) is 35.2 Å². The number of hydrogen-bond acceptors (Lipinski definition) is 3. The normalized spacial score (nSPS) is 12.2. The summed E-state index contributed by atoms with van der Waals surface area (Å²) >= 11 is 0. The first-order chi connectivity index (χ1) is 10.3. The van der Waals surface area contributed by atoms with Gasteiger partial charge in [0.05, 0.1) is 23.6 Å². The fourth-order valence-electron chi connectivity index (χ4n) is 3.70. The van der Waals surface area contributed by atoms with Gasteiger partial charge in [0.1, 0.15) is 6.07 Å². The molecule has 0 amide bonds. The van der Waals surface area contributed by atoms with Crippen LogP contribution in [-0.4, -0.2) is 13.3 Å². The average Bonchev–Trinajstić information content (AvgIpc) is 2.46. The Morgan fingerprint density at radius 1 is 1.09 bits per heavy atom. The molecule has 0 aliphatic carbocycles. The van der Waals surface area contributed by atoms with E-state index in [0.717, 1.165) is 17.8 Å². The SMILES string of the molecule is CCc1nc(CO[Si](C(C)C)(C(C)C)C(C)C)ccc1C#N. The Morgan fingerprint density at radius 3 is 2.05 bits per heavy atom. The van der Waals surface area contributed by atoms with Crippen LogP contribution < -0.4 is 0 Å². The van der Waals surface area contributed by atoms with Crippen LogP contribution in [0.1, 0.15) is 65.4 Å². The summed E-state index contributed by atoms with van der Waals surface area (Å²) in [4.78, 5) is 4.62. The van der Waals surface area contributed by atoms with Crippen molar-refractivity contribution in [2.75, 3.05) is 0 Å². The van der Waals surface area contributed by atoms with E-state index in [4.69, 9.17) is 9.69 Å². The number of pyridine rings is 1. The van der Waals surface area contributed by atoms with Gasteiger partial charge in [0.25, 0.3) is 0 Å². The number of nitriles is 1. The molecule has 1 aromatic heterocycles. The van der Waals surface area contributed by atoms with Crippen molar-refractivity contribution in [3.63, 3.8) is 0 Å². The zero-order valence-corrected chi connectivity index (χ0v) is 16.1. The van der Waals surface area contributed by atoms with E-state index in [1.165, 1.54) is 0 Å². The molecule has 0 saturated carbocycles. The molecule has 3 nitrogen and oxygen atoms in total. The predicted octanol–water partition coefficient (Wildman–Crippen LogP) is 5.21. The van der Waals surface area contributed by atoms with E-state index < -0.39 is 8.32 Å². The molecule has 0 spiro atoms. The lowest BCUT2D eigenvalue weighted by atomic mass is 10.1. The molecule has 0 aromatic carbocycles. The first-order valence-electron chi connectivity index (χ1n) is 8.32. The number of nitrogens with zero attached hydrogens (tertiary/aromatic N) is 2. The predicted molar refractivity (Wildman–Crippen MR) is 94.2 cm³/mol. The maximum Gasteiger partial charge on any atom is 0.200 e. The van der Waals surface area contributed by atoms with Gasteiger partial charge in [0.2, 0.25) is 8.32 Å². The van der Waals surface area contributed by atoms with E-state index in [-0.39, 0.29) is 0 Å². The van der Waals surface area contributed by atoms with Gasteiger partial charge in [-0.3, -0.25) is 4.98 Å². The van der Waals surface area contributed by atoms with Crippen LogP contribution in [0.4, 0.5) is 0 Å². The van der Waals surface area contributed by atoms with Crippen LogP contribution in [-0.2, 0) is 17.5 Å². The molecule has 0 aliphatic rings. The summed E-state index contributed by atoms with van der Waals surface area (Å²) in [5.74, 6) is 0. The van der Waals surface area contributed by atoms with Crippen molar-refractivity contribution in [1.29, 1.82) is 5.26 Å². The average molecular weight is 319 g/mol. The molecule has 0 saturated heterocycles. The number of aryl methyl sites for hydroxylation is 1. The first kappa shape index (κ1) is 18.9. The first-order valence-corrected chi connectivity index (χ1v) is 10.5. The third-order valence-electron chi connectivity index (χ3n) is 4.66. The standard InChI is InChI=1S/C18H30N2OSi/c1-8-18-16(11-19)9-10-17(20-18)12-21-22(13(2)3,14(4)5)15(6)7/h9-10,13-15H,8,12H2,1-7H3. The Hall–Kier alpha value is -1.18. The van der Waals surface area contributed by atoms with Crippen molar-refractivity contribution in [3.05, 3.63) is 29.1 Å². The Labute approximate surface area is 136 Å². The van der Waals surface area contributed by atoms with Crippen molar-refractivity contribution >= 4 is 8.32 Å². The summed E-state index contributed by atoms with van der Waals surface area (Å²) in [7, 11) is -1.86. The van der Waals surface area contributed by atoms with Gasteiger partial charge in [-0.15, -0.1) is 0 Å². The van der Waals surface area contributed by atoms with Crippen LogP contribution in [0.25, 0.3) is 0 Å². The fourth-order valence-corrected chi connectivity index (χ4v) is 9.10. The third kappa shape index (κ3) is 3.77. The highest BCUT2D eigenvalue weighted by Gasteiger charge is 2.45. The summed E-state index contributed by atoms with van der Waals surface area (Å²) < 4.78 is 6.57. The van der Waals surface area contributed by atoms with Crippen LogP contribution in [0.5, 0.6) is 0 Å². The molecule has 0 fully saturated rings. The maximum absolute atomic E-state index is 9.10. The molecule has 0 atom stereocenters. The Kier molecular flexibility index (Phi) is 6.77. The molecule has 0 aliphatic heterocycles. The van der Waals surface area contributed by atoms with Crippen molar-refractivity contribution in [3.8, 4) is 6.07 Å². The molecule has 0 N–H and O–H groups in total. The number of aromatic nitrogens is 1. The highest BCUT2D eigenvalue weighted by molar-refractivity contribution is 6.77. The van der Waals surface area contributed by atoms with Crippen molar-refractivity contribution in [2.24, 2.45) is 0 Å². The minimum absolute atomic E-state index is 0.555. The lowest BCUT2D eigenvalue weighted by molar-refractivity contribution is 0.261. The zero-order chi connectivity index (χ0) is 16.9. The smallest absolute Gasteiger partial charge is 0.200 e. The quantitative estimate of drug-likeness (QED) is 0.648. The van der Waals surface area contributed by atoms with Crippen molar-refractivity contribution in [1.82, 2.24) is 4.98 Å².